The first-order valence-electron chi connectivity index (χ1n) is 8.52. The van der Waals surface area contributed by atoms with Crippen molar-refractivity contribution in [2.24, 2.45) is 0 Å². The number of nitrogens with one attached hydrogen (secondary N) is 2. The van der Waals surface area contributed by atoms with E-state index in [2.05, 4.69) is 17.6 Å². The second kappa shape index (κ2) is 9.68. The molecule has 2 aromatic rings. The van der Waals surface area contributed by atoms with Gasteiger partial charge in [0.2, 0.25) is 0 Å². The summed E-state index contributed by atoms with van der Waals surface area (Å²) in [6.07, 6.45) is 1.70. The van der Waals surface area contributed by atoms with E-state index < -0.39 is 0 Å². The van der Waals surface area contributed by atoms with E-state index in [-0.39, 0.29) is 17.0 Å². The first-order chi connectivity index (χ1) is 12.5. The van der Waals surface area contributed by atoms with Gasteiger partial charge in [0.05, 0.1) is 12.2 Å². The van der Waals surface area contributed by atoms with Crippen molar-refractivity contribution >= 4 is 34.9 Å². The minimum atomic E-state index is -0.357. The van der Waals surface area contributed by atoms with Gasteiger partial charge < -0.3 is 10.1 Å². The Morgan fingerprint density at radius 2 is 1.58 bits per heavy atom. The van der Waals surface area contributed by atoms with Gasteiger partial charge in [0.15, 0.2) is 5.11 Å². The number of ether oxygens (including phenoxy) is 1. The molecule has 2 aromatic carbocycles. The molecule has 0 atom stereocenters. The van der Waals surface area contributed by atoms with E-state index in [0.717, 1.165) is 12.8 Å². The molecular formula is C20H22N2O3S. The number of thiocarbonyl (C=S) groups is 1. The van der Waals surface area contributed by atoms with Gasteiger partial charge in [-0.15, -0.1) is 0 Å². The van der Waals surface area contributed by atoms with E-state index in [9.17, 15) is 9.59 Å². The number of hydrogen-bond donors (Lipinski definition) is 2. The van der Waals surface area contributed by atoms with E-state index in [0.29, 0.717) is 23.4 Å². The maximum Gasteiger partial charge on any atom is 0.338 e. The van der Waals surface area contributed by atoms with E-state index >= 15 is 0 Å². The molecule has 6 heteroatoms. The largest absolute Gasteiger partial charge is 0.462 e. The molecule has 0 aliphatic heterocycles. The Bertz CT molecular complexity index is 771. The van der Waals surface area contributed by atoms with Gasteiger partial charge in [0, 0.05) is 11.3 Å². The molecule has 0 bridgehead atoms. The third kappa shape index (κ3) is 5.67. The topological polar surface area (TPSA) is 67.4 Å². The molecule has 0 aliphatic carbocycles. The molecule has 26 heavy (non-hydrogen) atoms. The molecule has 0 spiro atoms. The third-order valence-corrected chi connectivity index (χ3v) is 3.87. The molecule has 0 unspecified atom stereocenters. The molecule has 0 heterocycles. The van der Waals surface area contributed by atoms with Gasteiger partial charge in [-0.25, -0.2) is 4.79 Å². The van der Waals surface area contributed by atoms with Crippen molar-refractivity contribution in [3.63, 3.8) is 0 Å². The zero-order valence-corrected chi connectivity index (χ0v) is 15.7. The smallest absolute Gasteiger partial charge is 0.338 e. The Morgan fingerprint density at radius 1 is 0.962 bits per heavy atom. The van der Waals surface area contributed by atoms with Gasteiger partial charge in [-0.05, 0) is 67.0 Å². The summed E-state index contributed by atoms with van der Waals surface area (Å²) in [5.74, 6) is -0.630. The van der Waals surface area contributed by atoms with Crippen LogP contribution in [0, 0.1) is 0 Å². The van der Waals surface area contributed by atoms with Gasteiger partial charge in [-0.1, -0.05) is 26.0 Å². The molecule has 0 saturated heterocycles. The van der Waals surface area contributed by atoms with Crippen LogP contribution in [0.3, 0.4) is 0 Å². The van der Waals surface area contributed by atoms with Gasteiger partial charge >= 0.3 is 5.97 Å². The lowest BCUT2D eigenvalue weighted by molar-refractivity contribution is 0.0505. The van der Waals surface area contributed by atoms with Crippen LogP contribution in [0.4, 0.5) is 5.69 Å². The van der Waals surface area contributed by atoms with Crippen molar-refractivity contribution in [2.75, 3.05) is 11.9 Å². The molecule has 1 amide bonds. The molecule has 0 aromatic heterocycles. The quantitative estimate of drug-likeness (QED) is 0.595. The van der Waals surface area contributed by atoms with E-state index in [4.69, 9.17) is 17.0 Å². The van der Waals surface area contributed by atoms with E-state index in [1.54, 1.807) is 36.4 Å². The van der Waals surface area contributed by atoms with Gasteiger partial charge in [0.25, 0.3) is 5.91 Å². The maximum absolute atomic E-state index is 12.2. The summed E-state index contributed by atoms with van der Waals surface area (Å²) in [5.41, 5.74) is 2.85. The molecule has 2 rings (SSSR count). The number of hydrogen-bond acceptors (Lipinski definition) is 4. The number of anilines is 1. The fourth-order valence-electron chi connectivity index (χ4n) is 2.20. The van der Waals surface area contributed by atoms with Crippen molar-refractivity contribution in [2.45, 2.75) is 26.7 Å². The first kappa shape index (κ1) is 19.6. The fraction of sp³-hybridized carbons (Fsp3) is 0.250. The Morgan fingerprint density at radius 3 is 2.15 bits per heavy atom. The highest BCUT2D eigenvalue weighted by molar-refractivity contribution is 7.80. The Hall–Kier alpha value is -2.73. The summed E-state index contributed by atoms with van der Waals surface area (Å²) in [7, 11) is 0. The van der Waals surface area contributed by atoms with Crippen molar-refractivity contribution in [1.82, 2.24) is 5.32 Å². The lowest BCUT2D eigenvalue weighted by atomic mass is 10.1. The number of esters is 1. The highest BCUT2D eigenvalue weighted by Gasteiger charge is 2.09. The van der Waals surface area contributed by atoms with Crippen molar-refractivity contribution in [3.05, 3.63) is 65.2 Å². The predicted molar refractivity (Wildman–Crippen MR) is 107 cm³/mol. The molecule has 136 valence electrons. The van der Waals surface area contributed by atoms with Crippen LogP contribution < -0.4 is 10.6 Å². The summed E-state index contributed by atoms with van der Waals surface area (Å²) in [6, 6.07) is 14.1. The molecule has 2 N–H and O–H groups in total. The molecule has 0 aliphatic rings. The Kier molecular flexibility index (Phi) is 7.29. The normalized spacial score (nSPS) is 10.1. The van der Waals surface area contributed by atoms with Crippen LogP contribution in [0.1, 0.15) is 46.5 Å². The lowest BCUT2D eigenvalue weighted by Gasteiger charge is -2.10. The van der Waals surface area contributed by atoms with Gasteiger partial charge in [-0.2, -0.15) is 0 Å². The minimum absolute atomic E-state index is 0.191. The lowest BCUT2D eigenvalue weighted by Crippen LogP contribution is -2.34. The number of amides is 1. The van der Waals surface area contributed by atoms with Crippen LogP contribution >= 0.6 is 12.2 Å². The first-order valence-corrected chi connectivity index (χ1v) is 8.92. The number of carbonyl (C=O) groups is 2. The van der Waals surface area contributed by atoms with Crippen LogP contribution in [0.25, 0.3) is 0 Å². The molecule has 0 saturated carbocycles. The fourth-order valence-corrected chi connectivity index (χ4v) is 2.41. The van der Waals surface area contributed by atoms with Crippen LogP contribution in [0.15, 0.2) is 48.5 Å². The number of aryl methyl sites for hydroxylation is 1. The summed E-state index contributed by atoms with van der Waals surface area (Å²) < 4.78 is 5.07. The highest BCUT2D eigenvalue weighted by Crippen LogP contribution is 2.11. The molecular weight excluding hydrogens is 348 g/mol. The van der Waals surface area contributed by atoms with Crippen LogP contribution in [-0.4, -0.2) is 23.6 Å². The van der Waals surface area contributed by atoms with Crippen LogP contribution in [0.2, 0.25) is 0 Å². The number of carbonyl (C=O) groups excluding carboxylic acids is 2. The van der Waals surface area contributed by atoms with Crippen LogP contribution in [0.5, 0.6) is 0 Å². The van der Waals surface area contributed by atoms with Crippen LogP contribution in [-0.2, 0) is 11.2 Å². The Labute approximate surface area is 158 Å². The monoisotopic (exact) mass is 370 g/mol. The van der Waals surface area contributed by atoms with Crippen molar-refractivity contribution in [1.29, 1.82) is 0 Å². The average Bonchev–Trinajstić information content (AvgIpc) is 2.66. The Balaban J connectivity index is 1.90. The van der Waals surface area contributed by atoms with E-state index in [1.807, 2.05) is 19.1 Å². The summed E-state index contributed by atoms with van der Waals surface area (Å²) >= 11 is 5.17. The predicted octanol–water partition coefficient (Wildman–Crippen LogP) is 3.94. The summed E-state index contributed by atoms with van der Waals surface area (Å²) in [6.45, 7) is 4.39. The van der Waals surface area contributed by atoms with E-state index in [1.165, 1.54) is 5.56 Å². The molecule has 5 nitrogen and oxygen atoms in total. The molecule has 0 radical (unpaired) electrons. The van der Waals surface area contributed by atoms with Gasteiger partial charge in [0.1, 0.15) is 0 Å². The maximum atomic E-state index is 12.2. The molecule has 0 fully saturated rings. The van der Waals surface area contributed by atoms with Crippen molar-refractivity contribution < 1.29 is 14.3 Å². The van der Waals surface area contributed by atoms with Gasteiger partial charge in [-0.3, -0.25) is 10.1 Å². The third-order valence-electron chi connectivity index (χ3n) is 3.67. The summed E-state index contributed by atoms with van der Waals surface area (Å²) in [5, 5.41) is 5.75. The van der Waals surface area contributed by atoms with Crippen molar-refractivity contribution in [3.8, 4) is 0 Å². The SMILES string of the molecule is CCCOC(=O)c1ccc(NC(=S)NC(=O)c2ccc(CC)cc2)cc1. The minimum Gasteiger partial charge on any atom is -0.462 e. The zero-order chi connectivity index (χ0) is 18.9. The second-order valence-corrected chi connectivity index (χ2v) is 6.08. The standard InChI is InChI=1S/C20H22N2O3S/c1-3-13-25-19(24)16-9-11-17(12-10-16)21-20(26)22-18(23)15-7-5-14(4-2)6-8-15/h5-12H,3-4,13H2,1-2H3,(H2,21,22,23,26). The summed E-state index contributed by atoms with van der Waals surface area (Å²) in [4.78, 5) is 23.9. The average molecular weight is 370 g/mol. The number of benzene rings is 2. The second-order valence-electron chi connectivity index (χ2n) is 5.67. The number of rotatable bonds is 6. The highest BCUT2D eigenvalue weighted by atomic mass is 32.1. The zero-order valence-electron chi connectivity index (χ0n) is 14.9.